The number of carbonyl (C=O) groups is 3. The lowest BCUT2D eigenvalue weighted by atomic mass is 10.2. The SMILES string of the molecule is CCCCC(=O)N1CSCC1C(=O)NC(C)CC(=O)O. The van der Waals surface area contributed by atoms with Gasteiger partial charge in [0.2, 0.25) is 11.8 Å². The fourth-order valence-corrected chi connectivity index (χ4v) is 3.21. The molecule has 6 nitrogen and oxygen atoms in total. The molecule has 20 heavy (non-hydrogen) atoms. The van der Waals surface area contributed by atoms with Crippen LogP contribution in [0.5, 0.6) is 0 Å². The van der Waals surface area contributed by atoms with Gasteiger partial charge in [-0.2, -0.15) is 0 Å². The lowest BCUT2D eigenvalue weighted by Crippen LogP contribution is -2.49. The Kier molecular flexibility index (Phi) is 6.84. The Labute approximate surface area is 123 Å². The lowest BCUT2D eigenvalue weighted by Gasteiger charge is -2.24. The summed E-state index contributed by atoms with van der Waals surface area (Å²) in [5, 5.41) is 11.3. The van der Waals surface area contributed by atoms with Crippen molar-refractivity contribution in [3.05, 3.63) is 0 Å². The van der Waals surface area contributed by atoms with E-state index in [2.05, 4.69) is 5.32 Å². The summed E-state index contributed by atoms with van der Waals surface area (Å²) < 4.78 is 0. The minimum Gasteiger partial charge on any atom is -0.481 e. The number of rotatable bonds is 7. The van der Waals surface area contributed by atoms with E-state index in [1.165, 1.54) is 0 Å². The highest BCUT2D eigenvalue weighted by molar-refractivity contribution is 7.99. The molecule has 0 bridgehead atoms. The third kappa shape index (κ3) is 5.03. The summed E-state index contributed by atoms with van der Waals surface area (Å²) in [6.45, 7) is 3.67. The van der Waals surface area contributed by atoms with E-state index >= 15 is 0 Å². The highest BCUT2D eigenvalue weighted by atomic mass is 32.2. The van der Waals surface area contributed by atoms with Gasteiger partial charge in [0.15, 0.2) is 0 Å². The third-order valence-corrected chi connectivity index (χ3v) is 4.13. The van der Waals surface area contributed by atoms with Gasteiger partial charge in [0.25, 0.3) is 0 Å². The maximum absolute atomic E-state index is 12.1. The standard InChI is InChI=1S/C13H22N2O4S/c1-3-4-5-11(16)15-8-20-7-10(15)13(19)14-9(2)6-12(17)18/h9-10H,3-8H2,1-2H3,(H,14,19)(H,17,18). The van der Waals surface area contributed by atoms with Gasteiger partial charge < -0.3 is 15.3 Å². The molecule has 2 unspecified atom stereocenters. The molecule has 7 heteroatoms. The molecule has 0 aliphatic carbocycles. The van der Waals surface area contributed by atoms with Gasteiger partial charge in [-0.3, -0.25) is 14.4 Å². The summed E-state index contributed by atoms with van der Waals surface area (Å²) >= 11 is 1.55. The number of nitrogens with zero attached hydrogens (tertiary/aromatic N) is 1. The van der Waals surface area contributed by atoms with Gasteiger partial charge in [-0.25, -0.2) is 0 Å². The van der Waals surface area contributed by atoms with Crippen molar-refractivity contribution in [2.75, 3.05) is 11.6 Å². The second-order valence-corrected chi connectivity index (χ2v) is 5.99. The van der Waals surface area contributed by atoms with Gasteiger partial charge in [0.05, 0.1) is 12.3 Å². The summed E-state index contributed by atoms with van der Waals surface area (Å²) in [5.41, 5.74) is 0. The highest BCUT2D eigenvalue weighted by Gasteiger charge is 2.34. The Balaban J connectivity index is 2.53. The van der Waals surface area contributed by atoms with Crippen molar-refractivity contribution >= 4 is 29.5 Å². The zero-order valence-corrected chi connectivity index (χ0v) is 12.7. The predicted octanol–water partition coefficient (Wildman–Crippen LogP) is 1.06. The van der Waals surface area contributed by atoms with E-state index in [0.29, 0.717) is 18.1 Å². The van der Waals surface area contributed by atoms with Crippen LogP contribution in [-0.4, -0.2) is 51.5 Å². The average Bonchev–Trinajstić information content (AvgIpc) is 2.83. The molecule has 1 heterocycles. The Hall–Kier alpha value is -1.24. The van der Waals surface area contributed by atoms with Crippen molar-refractivity contribution in [2.24, 2.45) is 0 Å². The molecule has 0 radical (unpaired) electrons. The lowest BCUT2D eigenvalue weighted by molar-refractivity contribution is -0.140. The molecule has 0 aromatic rings. The first-order chi connectivity index (χ1) is 9.45. The monoisotopic (exact) mass is 302 g/mol. The van der Waals surface area contributed by atoms with Crippen molar-refractivity contribution in [1.29, 1.82) is 0 Å². The number of carboxylic acids is 1. The largest absolute Gasteiger partial charge is 0.481 e. The first-order valence-corrected chi connectivity index (χ1v) is 8.00. The van der Waals surface area contributed by atoms with Crippen molar-refractivity contribution in [1.82, 2.24) is 10.2 Å². The van der Waals surface area contributed by atoms with E-state index in [0.717, 1.165) is 12.8 Å². The van der Waals surface area contributed by atoms with Crippen LogP contribution in [0.2, 0.25) is 0 Å². The summed E-state index contributed by atoms with van der Waals surface area (Å²) in [6.07, 6.45) is 2.11. The number of thioether (sulfide) groups is 1. The van der Waals surface area contributed by atoms with E-state index in [1.807, 2.05) is 6.92 Å². The molecule has 0 spiro atoms. The summed E-state index contributed by atoms with van der Waals surface area (Å²) in [4.78, 5) is 36.3. The molecule has 1 rings (SSSR count). The molecular formula is C13H22N2O4S. The predicted molar refractivity (Wildman–Crippen MR) is 77.3 cm³/mol. The zero-order chi connectivity index (χ0) is 15.1. The van der Waals surface area contributed by atoms with Crippen molar-refractivity contribution in [3.63, 3.8) is 0 Å². The second kappa shape index (κ2) is 8.14. The Morgan fingerprint density at radius 1 is 1.45 bits per heavy atom. The van der Waals surface area contributed by atoms with E-state index in [4.69, 9.17) is 5.11 Å². The van der Waals surface area contributed by atoms with E-state index in [9.17, 15) is 14.4 Å². The Bertz CT molecular complexity index is 375. The molecule has 1 fully saturated rings. The summed E-state index contributed by atoms with van der Waals surface area (Å²) in [7, 11) is 0. The number of nitrogens with one attached hydrogen (secondary N) is 1. The van der Waals surface area contributed by atoms with Gasteiger partial charge >= 0.3 is 5.97 Å². The molecule has 1 aliphatic rings. The molecule has 0 saturated carbocycles. The normalized spacial score (nSPS) is 19.7. The van der Waals surface area contributed by atoms with Gasteiger partial charge in [-0.15, -0.1) is 11.8 Å². The molecule has 1 saturated heterocycles. The number of hydrogen-bond donors (Lipinski definition) is 2. The second-order valence-electron chi connectivity index (χ2n) is 4.99. The van der Waals surface area contributed by atoms with Crippen LogP contribution in [-0.2, 0) is 14.4 Å². The van der Waals surface area contributed by atoms with Crippen molar-refractivity contribution in [2.45, 2.75) is 51.6 Å². The zero-order valence-electron chi connectivity index (χ0n) is 11.9. The number of carbonyl (C=O) groups excluding carboxylic acids is 2. The molecule has 0 aromatic heterocycles. The molecule has 114 valence electrons. The molecule has 0 aromatic carbocycles. The molecule has 2 amide bonds. The number of amides is 2. The van der Waals surface area contributed by atoms with Gasteiger partial charge in [0, 0.05) is 18.2 Å². The smallest absolute Gasteiger partial charge is 0.305 e. The Morgan fingerprint density at radius 3 is 2.75 bits per heavy atom. The Morgan fingerprint density at radius 2 is 2.15 bits per heavy atom. The molecule has 1 aliphatic heterocycles. The minimum absolute atomic E-state index is 0.00267. The summed E-state index contributed by atoms with van der Waals surface area (Å²) in [5.74, 6) is -0.0942. The van der Waals surface area contributed by atoms with Crippen LogP contribution in [0, 0.1) is 0 Å². The van der Waals surface area contributed by atoms with Crippen LogP contribution in [0.4, 0.5) is 0 Å². The maximum Gasteiger partial charge on any atom is 0.305 e. The highest BCUT2D eigenvalue weighted by Crippen LogP contribution is 2.22. The van der Waals surface area contributed by atoms with E-state index in [-0.39, 0.29) is 18.2 Å². The summed E-state index contributed by atoms with van der Waals surface area (Å²) in [6, 6.07) is -0.904. The van der Waals surface area contributed by atoms with Crippen LogP contribution in [0.15, 0.2) is 0 Å². The molecule has 2 atom stereocenters. The minimum atomic E-state index is -0.950. The molecular weight excluding hydrogens is 280 g/mol. The quantitative estimate of drug-likeness (QED) is 0.734. The first kappa shape index (κ1) is 16.8. The van der Waals surface area contributed by atoms with Crippen LogP contribution in [0.3, 0.4) is 0 Å². The van der Waals surface area contributed by atoms with Crippen LogP contribution in [0.1, 0.15) is 39.5 Å². The average molecular weight is 302 g/mol. The van der Waals surface area contributed by atoms with Gasteiger partial charge in [0.1, 0.15) is 6.04 Å². The number of carboxylic acid groups (broad SMARTS) is 1. The number of hydrogen-bond acceptors (Lipinski definition) is 4. The van der Waals surface area contributed by atoms with Crippen LogP contribution in [0.25, 0.3) is 0 Å². The number of aliphatic carboxylic acids is 1. The fourth-order valence-electron chi connectivity index (χ4n) is 2.03. The third-order valence-electron chi connectivity index (χ3n) is 3.12. The first-order valence-electron chi connectivity index (χ1n) is 6.85. The van der Waals surface area contributed by atoms with Crippen molar-refractivity contribution in [3.8, 4) is 0 Å². The van der Waals surface area contributed by atoms with Gasteiger partial charge in [-0.1, -0.05) is 13.3 Å². The topological polar surface area (TPSA) is 86.7 Å². The maximum atomic E-state index is 12.1. The van der Waals surface area contributed by atoms with Crippen LogP contribution >= 0.6 is 11.8 Å². The molecule has 2 N–H and O–H groups in total. The van der Waals surface area contributed by atoms with Gasteiger partial charge in [-0.05, 0) is 13.3 Å². The van der Waals surface area contributed by atoms with Crippen LogP contribution < -0.4 is 5.32 Å². The van der Waals surface area contributed by atoms with Crippen molar-refractivity contribution < 1.29 is 19.5 Å². The van der Waals surface area contributed by atoms with E-state index in [1.54, 1.807) is 23.6 Å². The van der Waals surface area contributed by atoms with E-state index < -0.39 is 18.1 Å². The fraction of sp³-hybridized carbons (Fsp3) is 0.769. The number of unbranched alkanes of at least 4 members (excludes halogenated alkanes) is 1.